The lowest BCUT2D eigenvalue weighted by molar-refractivity contribution is 0.0735. The standard InChI is InChI=1S/C18H18FNO/c1-13-5-2-3-6-16(13)17-7-4-12-20(17)18(21)14-8-10-15(19)11-9-14/h2-3,5-6,8-11,17H,4,7,12H2,1H3/t17-/m0/s1. The van der Waals surface area contributed by atoms with Gasteiger partial charge in [0.05, 0.1) is 6.04 Å². The molecule has 21 heavy (non-hydrogen) atoms. The van der Waals surface area contributed by atoms with E-state index in [1.807, 2.05) is 17.0 Å². The van der Waals surface area contributed by atoms with Crippen molar-refractivity contribution in [2.45, 2.75) is 25.8 Å². The van der Waals surface area contributed by atoms with E-state index in [9.17, 15) is 9.18 Å². The first-order valence-corrected chi connectivity index (χ1v) is 7.29. The Bertz CT molecular complexity index is 651. The average Bonchev–Trinajstić information content (AvgIpc) is 2.97. The van der Waals surface area contributed by atoms with Crippen molar-refractivity contribution >= 4 is 5.91 Å². The molecule has 0 saturated carbocycles. The number of hydrogen-bond donors (Lipinski definition) is 0. The van der Waals surface area contributed by atoms with Crippen molar-refractivity contribution in [3.8, 4) is 0 Å². The SMILES string of the molecule is Cc1ccccc1[C@@H]1CCCN1C(=O)c1ccc(F)cc1. The lowest BCUT2D eigenvalue weighted by Crippen LogP contribution is -2.30. The minimum atomic E-state index is -0.316. The van der Waals surface area contributed by atoms with Crippen molar-refractivity contribution < 1.29 is 9.18 Å². The summed E-state index contributed by atoms with van der Waals surface area (Å²) in [7, 11) is 0. The smallest absolute Gasteiger partial charge is 0.254 e. The summed E-state index contributed by atoms with van der Waals surface area (Å²) in [5.41, 5.74) is 2.98. The quantitative estimate of drug-likeness (QED) is 0.812. The van der Waals surface area contributed by atoms with Gasteiger partial charge in [-0.2, -0.15) is 0 Å². The fourth-order valence-corrected chi connectivity index (χ4v) is 3.05. The number of carbonyl (C=O) groups is 1. The van der Waals surface area contributed by atoms with E-state index < -0.39 is 0 Å². The van der Waals surface area contributed by atoms with E-state index in [1.165, 1.54) is 23.3 Å². The van der Waals surface area contributed by atoms with Gasteiger partial charge in [0.2, 0.25) is 0 Å². The summed E-state index contributed by atoms with van der Waals surface area (Å²) in [6, 6.07) is 14.1. The highest BCUT2D eigenvalue weighted by Crippen LogP contribution is 2.34. The fourth-order valence-electron chi connectivity index (χ4n) is 3.05. The van der Waals surface area contributed by atoms with Gasteiger partial charge >= 0.3 is 0 Å². The average molecular weight is 283 g/mol. The van der Waals surface area contributed by atoms with Gasteiger partial charge in [-0.05, 0) is 55.2 Å². The van der Waals surface area contributed by atoms with Crippen molar-refractivity contribution in [3.63, 3.8) is 0 Å². The van der Waals surface area contributed by atoms with Gasteiger partial charge in [-0.3, -0.25) is 4.79 Å². The molecule has 1 atom stereocenters. The summed E-state index contributed by atoms with van der Waals surface area (Å²) in [6.07, 6.45) is 1.99. The Morgan fingerprint density at radius 1 is 1.14 bits per heavy atom. The van der Waals surface area contributed by atoms with E-state index in [0.29, 0.717) is 5.56 Å². The first kappa shape index (κ1) is 13.8. The molecule has 1 heterocycles. The van der Waals surface area contributed by atoms with E-state index in [2.05, 4.69) is 19.1 Å². The monoisotopic (exact) mass is 283 g/mol. The molecular weight excluding hydrogens is 265 g/mol. The van der Waals surface area contributed by atoms with E-state index >= 15 is 0 Å². The molecule has 0 radical (unpaired) electrons. The van der Waals surface area contributed by atoms with Crippen LogP contribution in [0, 0.1) is 12.7 Å². The number of rotatable bonds is 2. The van der Waals surface area contributed by atoms with Crippen molar-refractivity contribution in [2.24, 2.45) is 0 Å². The zero-order valence-electron chi connectivity index (χ0n) is 12.1. The predicted molar refractivity (Wildman–Crippen MR) is 80.6 cm³/mol. The van der Waals surface area contributed by atoms with Gasteiger partial charge in [0.25, 0.3) is 5.91 Å². The molecule has 1 aliphatic heterocycles. The summed E-state index contributed by atoms with van der Waals surface area (Å²) in [5.74, 6) is -0.329. The number of halogens is 1. The van der Waals surface area contributed by atoms with E-state index in [4.69, 9.17) is 0 Å². The molecule has 1 aliphatic rings. The van der Waals surface area contributed by atoms with Crippen LogP contribution in [0.25, 0.3) is 0 Å². The van der Waals surface area contributed by atoms with Crippen LogP contribution in [-0.4, -0.2) is 17.4 Å². The van der Waals surface area contributed by atoms with Crippen molar-refractivity contribution in [2.75, 3.05) is 6.54 Å². The molecule has 0 aliphatic carbocycles. The Hall–Kier alpha value is -2.16. The Balaban J connectivity index is 1.89. The van der Waals surface area contributed by atoms with Crippen LogP contribution in [0.15, 0.2) is 48.5 Å². The second-order valence-electron chi connectivity index (χ2n) is 5.52. The van der Waals surface area contributed by atoms with Gasteiger partial charge in [0.1, 0.15) is 5.82 Å². The topological polar surface area (TPSA) is 20.3 Å². The Morgan fingerprint density at radius 2 is 1.86 bits per heavy atom. The number of aryl methyl sites for hydroxylation is 1. The van der Waals surface area contributed by atoms with E-state index in [0.717, 1.165) is 19.4 Å². The number of hydrogen-bond acceptors (Lipinski definition) is 1. The number of amides is 1. The molecule has 1 amide bonds. The molecule has 0 spiro atoms. The van der Waals surface area contributed by atoms with E-state index in [-0.39, 0.29) is 17.8 Å². The van der Waals surface area contributed by atoms with Crippen LogP contribution in [0.4, 0.5) is 4.39 Å². The van der Waals surface area contributed by atoms with Gasteiger partial charge in [-0.15, -0.1) is 0 Å². The summed E-state index contributed by atoms with van der Waals surface area (Å²) < 4.78 is 13.0. The van der Waals surface area contributed by atoms with Crippen LogP contribution >= 0.6 is 0 Å². The summed E-state index contributed by atoms with van der Waals surface area (Å²) >= 11 is 0. The molecule has 108 valence electrons. The maximum Gasteiger partial charge on any atom is 0.254 e. The maximum absolute atomic E-state index is 13.0. The fraction of sp³-hybridized carbons (Fsp3) is 0.278. The zero-order chi connectivity index (χ0) is 14.8. The maximum atomic E-state index is 13.0. The molecule has 1 saturated heterocycles. The van der Waals surface area contributed by atoms with Crippen LogP contribution < -0.4 is 0 Å². The van der Waals surface area contributed by atoms with Crippen LogP contribution in [-0.2, 0) is 0 Å². The number of nitrogens with zero attached hydrogens (tertiary/aromatic N) is 1. The molecule has 0 bridgehead atoms. The molecule has 1 fully saturated rings. The van der Waals surface area contributed by atoms with Crippen molar-refractivity contribution in [1.82, 2.24) is 4.90 Å². The molecule has 0 N–H and O–H groups in total. The third kappa shape index (κ3) is 2.68. The summed E-state index contributed by atoms with van der Waals surface area (Å²) in [6.45, 7) is 2.84. The van der Waals surface area contributed by atoms with Gasteiger partial charge in [-0.1, -0.05) is 24.3 Å². The third-order valence-corrected chi connectivity index (χ3v) is 4.15. The molecular formula is C18H18FNO. The summed E-state index contributed by atoms with van der Waals surface area (Å²) in [4.78, 5) is 14.6. The highest BCUT2D eigenvalue weighted by Gasteiger charge is 2.31. The second kappa shape index (κ2) is 5.68. The highest BCUT2D eigenvalue weighted by molar-refractivity contribution is 5.94. The highest BCUT2D eigenvalue weighted by atomic mass is 19.1. The zero-order valence-corrected chi connectivity index (χ0v) is 12.1. The Morgan fingerprint density at radius 3 is 2.57 bits per heavy atom. The largest absolute Gasteiger partial charge is 0.332 e. The Kier molecular flexibility index (Phi) is 3.74. The first-order valence-electron chi connectivity index (χ1n) is 7.29. The number of benzene rings is 2. The van der Waals surface area contributed by atoms with E-state index in [1.54, 1.807) is 12.1 Å². The normalized spacial score (nSPS) is 18.0. The predicted octanol–water partition coefficient (Wildman–Crippen LogP) is 4.11. The van der Waals surface area contributed by atoms with Crippen LogP contribution in [0.1, 0.15) is 40.4 Å². The lowest BCUT2D eigenvalue weighted by Gasteiger charge is -2.26. The van der Waals surface area contributed by atoms with Gasteiger partial charge in [-0.25, -0.2) is 4.39 Å². The van der Waals surface area contributed by atoms with Gasteiger partial charge in [0, 0.05) is 12.1 Å². The summed E-state index contributed by atoms with van der Waals surface area (Å²) in [5, 5.41) is 0. The number of likely N-dealkylation sites (tertiary alicyclic amines) is 1. The second-order valence-corrected chi connectivity index (χ2v) is 5.52. The van der Waals surface area contributed by atoms with Crippen LogP contribution in [0.5, 0.6) is 0 Å². The first-order chi connectivity index (χ1) is 10.2. The minimum Gasteiger partial charge on any atom is -0.332 e. The van der Waals surface area contributed by atoms with Crippen molar-refractivity contribution in [3.05, 3.63) is 71.0 Å². The molecule has 2 nitrogen and oxygen atoms in total. The number of carbonyl (C=O) groups excluding carboxylic acids is 1. The van der Waals surface area contributed by atoms with Gasteiger partial charge in [0.15, 0.2) is 0 Å². The molecule has 0 aromatic heterocycles. The van der Waals surface area contributed by atoms with Gasteiger partial charge < -0.3 is 4.90 Å². The third-order valence-electron chi connectivity index (χ3n) is 4.15. The molecule has 3 rings (SSSR count). The van der Waals surface area contributed by atoms with Crippen LogP contribution in [0.2, 0.25) is 0 Å². The lowest BCUT2D eigenvalue weighted by atomic mass is 9.99. The minimum absolute atomic E-state index is 0.0132. The molecule has 3 heteroatoms. The molecule has 2 aromatic carbocycles. The molecule has 0 unspecified atom stereocenters. The Labute approximate surface area is 124 Å². The van der Waals surface area contributed by atoms with Crippen molar-refractivity contribution in [1.29, 1.82) is 0 Å². The molecule has 2 aromatic rings. The van der Waals surface area contributed by atoms with Crippen LogP contribution in [0.3, 0.4) is 0 Å².